The van der Waals surface area contributed by atoms with Gasteiger partial charge in [0.25, 0.3) is 0 Å². The molecule has 10 heteroatoms. The van der Waals surface area contributed by atoms with Gasteiger partial charge < -0.3 is 14.8 Å². The lowest BCUT2D eigenvalue weighted by molar-refractivity contribution is -0.136. The molecule has 0 aromatic heterocycles. The number of hydrogen-bond acceptors (Lipinski definition) is 6. The van der Waals surface area contributed by atoms with Crippen LogP contribution in [0, 0.1) is 6.92 Å². The molecule has 0 fully saturated rings. The van der Waals surface area contributed by atoms with E-state index in [1.54, 1.807) is 61.5 Å². The maximum Gasteiger partial charge on any atom is 0.345 e. The molecule has 2 N–H and O–H groups in total. The summed E-state index contributed by atoms with van der Waals surface area (Å²) in [4.78, 5) is 36.5. The molecule has 0 aliphatic carbocycles. The third-order valence-corrected chi connectivity index (χ3v) is 5.32. The number of hydrogen-bond donors (Lipinski definition) is 2. The van der Waals surface area contributed by atoms with Gasteiger partial charge in [0.05, 0.1) is 23.9 Å². The van der Waals surface area contributed by atoms with Gasteiger partial charge >= 0.3 is 17.8 Å². The van der Waals surface area contributed by atoms with Crippen LogP contribution in [0.2, 0.25) is 10.0 Å². The van der Waals surface area contributed by atoms with Gasteiger partial charge in [0.2, 0.25) is 0 Å². The van der Waals surface area contributed by atoms with E-state index in [2.05, 4.69) is 15.8 Å². The number of amides is 2. The average Bonchev–Trinajstić information content (AvgIpc) is 2.82. The van der Waals surface area contributed by atoms with E-state index in [9.17, 15) is 14.4 Å². The van der Waals surface area contributed by atoms with Gasteiger partial charge in [-0.05, 0) is 60.5 Å². The highest BCUT2D eigenvalue weighted by molar-refractivity contribution is 6.40. The summed E-state index contributed by atoms with van der Waals surface area (Å²) in [5, 5.41) is 6.98. The molecule has 174 valence electrons. The molecule has 0 aliphatic heterocycles. The summed E-state index contributed by atoms with van der Waals surface area (Å²) >= 11 is 12.0. The monoisotopic (exact) mass is 499 g/mol. The first-order chi connectivity index (χ1) is 16.3. The Bertz CT molecular complexity index is 1280. The van der Waals surface area contributed by atoms with Crippen molar-refractivity contribution in [3.63, 3.8) is 0 Å². The van der Waals surface area contributed by atoms with Crippen LogP contribution in [-0.4, -0.2) is 31.1 Å². The molecule has 0 unspecified atom stereocenters. The van der Waals surface area contributed by atoms with E-state index in [0.29, 0.717) is 21.8 Å². The van der Waals surface area contributed by atoms with Gasteiger partial charge in [-0.25, -0.2) is 10.2 Å². The van der Waals surface area contributed by atoms with Gasteiger partial charge in [-0.15, -0.1) is 0 Å². The Kier molecular flexibility index (Phi) is 8.24. The predicted molar refractivity (Wildman–Crippen MR) is 130 cm³/mol. The number of ether oxygens (including phenoxy) is 2. The standard InChI is InChI=1S/C24H19Cl2N3O5/c1-14-17(25)8-5-9-19(14)28-22(30)23(31)29-27-13-15-10-11-20(21(12-15)33-2)34-24(32)16-6-3-4-7-18(16)26/h3-13H,1-2H3,(H,28,30)(H,29,31). The number of rotatable bonds is 6. The second kappa shape index (κ2) is 11.3. The highest BCUT2D eigenvalue weighted by Gasteiger charge is 2.16. The van der Waals surface area contributed by atoms with Crippen LogP contribution < -0.4 is 20.2 Å². The molecular formula is C24H19Cl2N3O5. The maximum absolute atomic E-state index is 12.4. The number of hydrazone groups is 1. The Morgan fingerprint density at radius 2 is 1.65 bits per heavy atom. The van der Waals surface area contributed by atoms with Gasteiger partial charge in [-0.1, -0.05) is 41.4 Å². The molecule has 0 heterocycles. The number of carbonyl (C=O) groups is 3. The maximum atomic E-state index is 12.4. The topological polar surface area (TPSA) is 106 Å². The lowest BCUT2D eigenvalue weighted by Gasteiger charge is -2.10. The van der Waals surface area contributed by atoms with Crippen LogP contribution in [0.15, 0.2) is 65.8 Å². The second-order valence-electron chi connectivity index (χ2n) is 6.85. The molecule has 8 nitrogen and oxygen atoms in total. The highest BCUT2D eigenvalue weighted by Crippen LogP contribution is 2.29. The first-order valence-electron chi connectivity index (χ1n) is 9.84. The van der Waals surface area contributed by atoms with Crippen molar-refractivity contribution >= 4 is 52.9 Å². The molecule has 0 bridgehead atoms. The minimum Gasteiger partial charge on any atom is -0.493 e. The Morgan fingerprint density at radius 1 is 0.912 bits per heavy atom. The van der Waals surface area contributed by atoms with Crippen molar-refractivity contribution in [1.29, 1.82) is 0 Å². The fourth-order valence-electron chi connectivity index (χ4n) is 2.77. The van der Waals surface area contributed by atoms with Crippen LogP contribution >= 0.6 is 23.2 Å². The molecule has 3 aromatic rings. The minimum atomic E-state index is -0.965. The number of esters is 1. The zero-order chi connectivity index (χ0) is 24.7. The number of nitrogens with one attached hydrogen (secondary N) is 2. The Labute approximate surface area is 205 Å². The molecule has 0 radical (unpaired) electrons. The minimum absolute atomic E-state index is 0.171. The van der Waals surface area contributed by atoms with Gasteiger partial charge in [0.15, 0.2) is 11.5 Å². The average molecular weight is 500 g/mol. The largest absolute Gasteiger partial charge is 0.493 e. The van der Waals surface area contributed by atoms with Crippen molar-refractivity contribution < 1.29 is 23.9 Å². The van der Waals surface area contributed by atoms with E-state index in [4.69, 9.17) is 32.7 Å². The number of carbonyl (C=O) groups excluding carboxylic acids is 3. The number of halogens is 2. The molecule has 0 spiro atoms. The van der Waals surface area contributed by atoms with Gasteiger partial charge in [-0.3, -0.25) is 9.59 Å². The van der Waals surface area contributed by atoms with E-state index in [1.165, 1.54) is 19.4 Å². The third-order valence-electron chi connectivity index (χ3n) is 4.59. The summed E-state index contributed by atoms with van der Waals surface area (Å²) in [7, 11) is 1.41. The predicted octanol–water partition coefficient (Wildman–Crippen LogP) is 4.62. The van der Waals surface area contributed by atoms with E-state index in [1.807, 2.05) is 0 Å². The van der Waals surface area contributed by atoms with Gasteiger partial charge in [0, 0.05) is 10.7 Å². The van der Waals surface area contributed by atoms with Crippen LogP contribution in [0.1, 0.15) is 21.5 Å². The summed E-state index contributed by atoms with van der Waals surface area (Å²) in [6.07, 6.45) is 1.30. The summed E-state index contributed by atoms with van der Waals surface area (Å²) in [5.41, 5.74) is 3.93. The summed E-state index contributed by atoms with van der Waals surface area (Å²) < 4.78 is 10.7. The first kappa shape index (κ1) is 24.8. The van der Waals surface area contributed by atoms with Gasteiger partial charge in [0.1, 0.15) is 0 Å². The summed E-state index contributed by atoms with van der Waals surface area (Å²) in [6, 6.07) is 16.1. The fourth-order valence-corrected chi connectivity index (χ4v) is 3.16. The van der Waals surface area contributed by atoms with Crippen LogP contribution in [0.4, 0.5) is 5.69 Å². The van der Waals surface area contributed by atoms with Crippen LogP contribution in [0.25, 0.3) is 0 Å². The zero-order valence-electron chi connectivity index (χ0n) is 18.1. The van der Waals surface area contributed by atoms with E-state index in [-0.39, 0.29) is 22.1 Å². The molecule has 0 aliphatic rings. The van der Waals surface area contributed by atoms with E-state index >= 15 is 0 Å². The molecule has 3 aromatic carbocycles. The van der Waals surface area contributed by atoms with Crippen LogP contribution in [0.5, 0.6) is 11.5 Å². The quantitative estimate of drug-likeness (QED) is 0.169. The van der Waals surface area contributed by atoms with Crippen LogP contribution in [-0.2, 0) is 9.59 Å². The molecule has 2 amide bonds. The Morgan fingerprint density at radius 3 is 2.38 bits per heavy atom. The van der Waals surface area contributed by atoms with Crippen molar-refractivity contribution in [1.82, 2.24) is 5.43 Å². The third kappa shape index (κ3) is 6.12. The summed E-state index contributed by atoms with van der Waals surface area (Å²) in [5.74, 6) is -2.08. The Balaban J connectivity index is 1.63. The molecule has 34 heavy (non-hydrogen) atoms. The molecule has 0 saturated carbocycles. The lowest BCUT2D eigenvalue weighted by Crippen LogP contribution is -2.32. The van der Waals surface area contributed by atoms with Crippen molar-refractivity contribution in [3.05, 3.63) is 87.4 Å². The van der Waals surface area contributed by atoms with Crippen molar-refractivity contribution in [2.75, 3.05) is 12.4 Å². The van der Waals surface area contributed by atoms with Gasteiger partial charge in [-0.2, -0.15) is 5.10 Å². The smallest absolute Gasteiger partial charge is 0.345 e. The molecule has 0 saturated heterocycles. The zero-order valence-corrected chi connectivity index (χ0v) is 19.6. The molecular weight excluding hydrogens is 481 g/mol. The number of methoxy groups -OCH3 is 1. The summed E-state index contributed by atoms with van der Waals surface area (Å²) in [6.45, 7) is 1.72. The second-order valence-corrected chi connectivity index (χ2v) is 7.66. The number of anilines is 1. The van der Waals surface area contributed by atoms with E-state index < -0.39 is 17.8 Å². The fraction of sp³-hybridized carbons (Fsp3) is 0.0833. The molecule has 0 atom stereocenters. The Hall–Kier alpha value is -3.88. The number of benzene rings is 3. The SMILES string of the molecule is COc1cc(C=NNC(=O)C(=O)Nc2cccc(Cl)c2C)ccc1OC(=O)c1ccccc1Cl. The van der Waals surface area contributed by atoms with Crippen molar-refractivity contribution in [2.24, 2.45) is 5.10 Å². The highest BCUT2D eigenvalue weighted by atomic mass is 35.5. The molecule has 3 rings (SSSR count). The van der Waals surface area contributed by atoms with E-state index in [0.717, 1.165) is 0 Å². The normalized spacial score (nSPS) is 10.6. The van der Waals surface area contributed by atoms with Crippen molar-refractivity contribution in [3.8, 4) is 11.5 Å². The van der Waals surface area contributed by atoms with Crippen LogP contribution in [0.3, 0.4) is 0 Å². The lowest BCUT2D eigenvalue weighted by atomic mass is 10.2. The number of nitrogens with zero attached hydrogens (tertiary/aromatic N) is 1. The van der Waals surface area contributed by atoms with Crippen molar-refractivity contribution in [2.45, 2.75) is 6.92 Å². The first-order valence-corrected chi connectivity index (χ1v) is 10.6.